The Morgan fingerprint density at radius 2 is 2.00 bits per heavy atom. The number of likely N-dealkylation sites (N-methyl/N-ethyl adjacent to an activating group) is 1. The van der Waals surface area contributed by atoms with Gasteiger partial charge in [0, 0.05) is 23.7 Å². The van der Waals surface area contributed by atoms with Crippen LogP contribution in [0.25, 0.3) is 0 Å². The molecule has 1 amide bonds. The van der Waals surface area contributed by atoms with E-state index in [1.807, 2.05) is 17.8 Å². The Kier molecular flexibility index (Phi) is 7.97. The normalized spacial score (nSPS) is 21.9. The number of carbonyl (C=O) groups is 1. The van der Waals surface area contributed by atoms with Crippen molar-refractivity contribution in [2.75, 3.05) is 26.8 Å². The first kappa shape index (κ1) is 26.9. The van der Waals surface area contributed by atoms with Gasteiger partial charge in [0.25, 0.3) is 5.91 Å². The number of thiazole rings is 1. The summed E-state index contributed by atoms with van der Waals surface area (Å²) in [6.07, 6.45) is 1.30. The number of benzene rings is 1. The summed E-state index contributed by atoms with van der Waals surface area (Å²) < 4.78 is 54.0. The van der Waals surface area contributed by atoms with Gasteiger partial charge in [-0.25, -0.2) is 0 Å². The third-order valence-corrected chi connectivity index (χ3v) is 8.17. The molecule has 6 nitrogen and oxygen atoms in total. The van der Waals surface area contributed by atoms with Crippen molar-refractivity contribution in [3.8, 4) is 5.75 Å². The number of halogens is 3. The fourth-order valence-corrected chi connectivity index (χ4v) is 5.53. The van der Waals surface area contributed by atoms with Gasteiger partial charge in [0.1, 0.15) is 12.4 Å². The van der Waals surface area contributed by atoms with Crippen LogP contribution in [0.15, 0.2) is 29.4 Å². The van der Waals surface area contributed by atoms with E-state index in [-0.39, 0.29) is 28.9 Å². The van der Waals surface area contributed by atoms with Crippen molar-refractivity contribution in [1.29, 1.82) is 0 Å². The van der Waals surface area contributed by atoms with Crippen LogP contribution in [0.3, 0.4) is 0 Å². The number of hydrogen-bond donors (Lipinski definition) is 0. The molecule has 0 N–H and O–H groups in total. The molecule has 2 atom stereocenters. The zero-order chi connectivity index (χ0) is 26.1. The lowest BCUT2D eigenvalue weighted by Crippen LogP contribution is -2.30. The Morgan fingerprint density at radius 3 is 2.61 bits per heavy atom. The van der Waals surface area contributed by atoms with Crippen molar-refractivity contribution in [3.05, 3.63) is 45.2 Å². The van der Waals surface area contributed by atoms with E-state index in [4.69, 9.17) is 9.47 Å². The first-order chi connectivity index (χ1) is 16.9. The van der Waals surface area contributed by atoms with Gasteiger partial charge >= 0.3 is 6.18 Å². The van der Waals surface area contributed by atoms with Crippen molar-refractivity contribution >= 4 is 17.2 Å². The first-order valence-corrected chi connectivity index (χ1v) is 13.2. The number of ether oxygens (including phenoxy) is 2. The third-order valence-electron chi connectivity index (χ3n) is 6.72. The second-order valence-corrected chi connectivity index (χ2v) is 11.6. The standard InChI is InChI=1S/C26H34F3N3O3S/c1-25(2,3)22-15-32(14-19-8-6-12-34-19)24(36-22)30-23(33)20-13-17(26(27,28)29)9-10-21(20)35-16-18-7-5-11-31(18)4/h9-10,13,15,18-19H,5-8,11-12,14,16H2,1-4H3/b30-24-/t18-,19-/m1/s1. The zero-order valence-corrected chi connectivity index (χ0v) is 22.0. The average Bonchev–Trinajstić information content (AvgIpc) is 3.54. The molecule has 36 heavy (non-hydrogen) atoms. The van der Waals surface area contributed by atoms with Gasteiger partial charge < -0.3 is 18.9 Å². The number of rotatable bonds is 6. The molecule has 0 saturated carbocycles. The summed E-state index contributed by atoms with van der Waals surface area (Å²) in [5, 5.41) is 0. The van der Waals surface area contributed by atoms with E-state index in [2.05, 4.69) is 30.7 Å². The van der Waals surface area contributed by atoms with Crippen LogP contribution in [0.1, 0.15) is 67.3 Å². The minimum atomic E-state index is -4.58. The molecule has 4 rings (SSSR count). The first-order valence-electron chi connectivity index (χ1n) is 12.4. The molecule has 2 fully saturated rings. The zero-order valence-electron chi connectivity index (χ0n) is 21.2. The number of carbonyl (C=O) groups excluding carboxylic acids is 1. The van der Waals surface area contributed by atoms with E-state index in [1.54, 1.807) is 0 Å². The molecule has 198 valence electrons. The Morgan fingerprint density at radius 1 is 1.22 bits per heavy atom. The van der Waals surface area contributed by atoms with E-state index in [9.17, 15) is 18.0 Å². The average molecular weight is 526 g/mol. The van der Waals surface area contributed by atoms with E-state index in [1.165, 1.54) is 17.4 Å². The van der Waals surface area contributed by atoms with Gasteiger partial charge in [0.2, 0.25) is 0 Å². The van der Waals surface area contributed by atoms with Crippen molar-refractivity contribution < 1.29 is 27.4 Å². The summed E-state index contributed by atoms with van der Waals surface area (Å²) in [6.45, 7) is 8.70. The highest BCUT2D eigenvalue weighted by atomic mass is 32.1. The van der Waals surface area contributed by atoms with Crippen LogP contribution in [0.5, 0.6) is 5.75 Å². The molecule has 0 aliphatic carbocycles. The lowest BCUT2D eigenvalue weighted by atomic mass is 9.95. The molecule has 1 aromatic carbocycles. The molecule has 0 bridgehead atoms. The van der Waals surface area contributed by atoms with E-state index in [0.717, 1.165) is 49.2 Å². The summed E-state index contributed by atoms with van der Waals surface area (Å²) in [7, 11) is 1.99. The fourth-order valence-electron chi connectivity index (χ4n) is 4.47. The SMILES string of the molecule is CN1CCC[C@@H]1COc1ccc(C(F)(F)F)cc1C(=O)/N=c1\sc(C(C)(C)C)cn1C[C@H]1CCCO1. The number of amides is 1. The van der Waals surface area contributed by atoms with Gasteiger partial charge in [-0.2, -0.15) is 18.2 Å². The molecule has 2 aromatic rings. The molecular weight excluding hydrogens is 491 g/mol. The highest BCUT2D eigenvalue weighted by Crippen LogP contribution is 2.33. The highest BCUT2D eigenvalue weighted by Gasteiger charge is 2.32. The molecule has 2 aliphatic heterocycles. The summed E-state index contributed by atoms with van der Waals surface area (Å²) in [5.41, 5.74) is -1.25. The number of nitrogens with zero attached hydrogens (tertiary/aromatic N) is 3. The van der Waals surface area contributed by atoms with Gasteiger partial charge in [-0.05, 0) is 62.9 Å². The maximum atomic E-state index is 13.5. The van der Waals surface area contributed by atoms with E-state index < -0.39 is 17.6 Å². The molecule has 2 saturated heterocycles. The molecule has 0 spiro atoms. The van der Waals surface area contributed by atoms with Crippen LogP contribution in [0.2, 0.25) is 0 Å². The quantitative estimate of drug-likeness (QED) is 0.517. The Bertz CT molecular complexity index is 1140. The number of hydrogen-bond acceptors (Lipinski definition) is 5. The minimum Gasteiger partial charge on any atom is -0.491 e. The van der Waals surface area contributed by atoms with Gasteiger partial charge in [-0.15, -0.1) is 11.3 Å². The lowest BCUT2D eigenvalue weighted by molar-refractivity contribution is -0.137. The van der Waals surface area contributed by atoms with Crippen molar-refractivity contribution in [2.45, 2.75) is 76.7 Å². The van der Waals surface area contributed by atoms with Gasteiger partial charge in [-0.3, -0.25) is 4.79 Å². The molecule has 1 aromatic heterocycles. The summed E-state index contributed by atoms with van der Waals surface area (Å²) in [6, 6.07) is 3.19. The van der Waals surface area contributed by atoms with Crippen LogP contribution < -0.4 is 9.54 Å². The van der Waals surface area contributed by atoms with Crippen LogP contribution in [0.4, 0.5) is 13.2 Å². The Hall–Kier alpha value is -2.17. The highest BCUT2D eigenvalue weighted by molar-refractivity contribution is 7.09. The largest absolute Gasteiger partial charge is 0.491 e. The maximum Gasteiger partial charge on any atom is 0.416 e. The monoisotopic (exact) mass is 525 g/mol. The van der Waals surface area contributed by atoms with Gasteiger partial charge in [0.05, 0.1) is 23.8 Å². The molecule has 10 heteroatoms. The van der Waals surface area contributed by atoms with Crippen LogP contribution in [0, 0.1) is 0 Å². The van der Waals surface area contributed by atoms with Crippen LogP contribution in [-0.4, -0.2) is 54.3 Å². The molecule has 2 aliphatic rings. The number of alkyl halides is 3. The lowest BCUT2D eigenvalue weighted by Gasteiger charge is -2.20. The third kappa shape index (κ3) is 6.39. The summed E-state index contributed by atoms with van der Waals surface area (Å²) >= 11 is 1.37. The topological polar surface area (TPSA) is 56.1 Å². The van der Waals surface area contributed by atoms with Gasteiger partial charge in [0.15, 0.2) is 4.80 Å². The van der Waals surface area contributed by atoms with Crippen LogP contribution >= 0.6 is 11.3 Å². The maximum absolute atomic E-state index is 13.5. The predicted octanol–water partition coefficient (Wildman–Crippen LogP) is 5.26. The second-order valence-electron chi connectivity index (χ2n) is 10.6. The molecule has 0 unspecified atom stereocenters. The van der Waals surface area contributed by atoms with Crippen molar-refractivity contribution in [3.63, 3.8) is 0 Å². The van der Waals surface area contributed by atoms with Crippen molar-refractivity contribution in [2.24, 2.45) is 4.99 Å². The molecule has 3 heterocycles. The Balaban J connectivity index is 1.69. The smallest absolute Gasteiger partial charge is 0.416 e. The van der Waals surface area contributed by atoms with Crippen LogP contribution in [-0.2, 0) is 22.9 Å². The molecule has 0 radical (unpaired) electrons. The van der Waals surface area contributed by atoms with E-state index >= 15 is 0 Å². The fraction of sp³-hybridized carbons (Fsp3) is 0.615. The summed E-state index contributed by atoms with van der Waals surface area (Å²) in [5.74, 6) is -0.630. The minimum absolute atomic E-state index is 0.0253. The van der Waals surface area contributed by atoms with Crippen molar-refractivity contribution in [1.82, 2.24) is 9.47 Å². The Labute approximate surface area is 213 Å². The summed E-state index contributed by atoms with van der Waals surface area (Å²) in [4.78, 5) is 21.3. The molecular formula is C26H34F3N3O3S. The predicted molar refractivity (Wildman–Crippen MR) is 132 cm³/mol. The van der Waals surface area contributed by atoms with Gasteiger partial charge in [-0.1, -0.05) is 20.8 Å². The number of likely N-dealkylation sites (tertiary alicyclic amines) is 1. The second kappa shape index (κ2) is 10.7. The number of aromatic nitrogens is 1. The van der Waals surface area contributed by atoms with E-state index in [0.29, 0.717) is 24.6 Å².